The number of carbonyl (C=O) groups excluding carboxylic acids is 1. The summed E-state index contributed by atoms with van der Waals surface area (Å²) in [5.74, 6) is 0.337. The van der Waals surface area contributed by atoms with Gasteiger partial charge in [0.1, 0.15) is 11.2 Å². The van der Waals surface area contributed by atoms with E-state index in [0.29, 0.717) is 12.5 Å². The minimum absolute atomic E-state index is 0.337. The van der Waals surface area contributed by atoms with Gasteiger partial charge >= 0.3 is 6.09 Å². The molecule has 0 bridgehead atoms. The molecule has 2 N–H and O–H groups in total. The molecule has 2 heterocycles. The van der Waals surface area contributed by atoms with Gasteiger partial charge in [-0.05, 0) is 61.1 Å². The second-order valence-electron chi connectivity index (χ2n) is 8.02. The minimum Gasteiger partial charge on any atom is -0.444 e. The Morgan fingerprint density at radius 2 is 2.00 bits per heavy atom. The first-order valence-corrected chi connectivity index (χ1v) is 9.27. The predicted octanol–water partition coefficient (Wildman–Crippen LogP) is 5.38. The Kier molecular flexibility index (Phi) is 5.22. The molecule has 0 aliphatic carbocycles. The molecule has 1 aromatic carbocycles. The van der Waals surface area contributed by atoms with E-state index in [1.165, 1.54) is 5.56 Å². The van der Waals surface area contributed by atoms with Gasteiger partial charge in [0.25, 0.3) is 0 Å². The van der Waals surface area contributed by atoms with Crippen LogP contribution in [0.1, 0.15) is 51.7 Å². The average Bonchev–Trinajstić information content (AvgIpc) is 3.07. The molecule has 0 aliphatic rings. The van der Waals surface area contributed by atoms with Crippen molar-refractivity contribution >= 4 is 17.1 Å². The van der Waals surface area contributed by atoms with Crippen LogP contribution >= 0.6 is 0 Å². The highest BCUT2D eigenvalue weighted by molar-refractivity contribution is 5.93. The Balaban J connectivity index is 1.87. The number of hydrogen-bond acceptors (Lipinski definition) is 3. The Hall–Kier alpha value is -2.82. The van der Waals surface area contributed by atoms with Crippen molar-refractivity contribution in [3.63, 3.8) is 0 Å². The molecule has 0 aliphatic heterocycles. The van der Waals surface area contributed by atoms with E-state index in [1.54, 1.807) is 0 Å². The maximum atomic E-state index is 12.0. The van der Waals surface area contributed by atoms with Gasteiger partial charge in [-0.1, -0.05) is 32.0 Å². The summed E-state index contributed by atoms with van der Waals surface area (Å²) in [6.07, 6.45) is 3.33. The van der Waals surface area contributed by atoms with Crippen LogP contribution in [0.25, 0.3) is 22.2 Å². The maximum absolute atomic E-state index is 12.0. The summed E-state index contributed by atoms with van der Waals surface area (Å²) in [6.45, 7) is 10.3. The molecule has 0 unspecified atom stereocenters. The van der Waals surface area contributed by atoms with Crippen LogP contribution in [0, 0.1) is 0 Å². The van der Waals surface area contributed by atoms with Crippen LogP contribution in [-0.2, 0) is 11.3 Å². The molecule has 0 fully saturated rings. The summed E-state index contributed by atoms with van der Waals surface area (Å²) in [5, 5.41) is 3.96. The molecule has 0 atom stereocenters. The molecule has 3 rings (SSSR count). The van der Waals surface area contributed by atoms with E-state index in [1.807, 2.05) is 45.3 Å². The van der Waals surface area contributed by atoms with Crippen molar-refractivity contribution in [1.82, 2.24) is 15.3 Å². The number of nitrogens with zero attached hydrogens (tertiary/aromatic N) is 1. The number of H-pyrrole nitrogens is 1. The third-order valence-electron chi connectivity index (χ3n) is 4.36. The van der Waals surface area contributed by atoms with Gasteiger partial charge < -0.3 is 15.0 Å². The monoisotopic (exact) mass is 365 g/mol. The van der Waals surface area contributed by atoms with E-state index >= 15 is 0 Å². The number of amides is 1. The zero-order valence-electron chi connectivity index (χ0n) is 16.6. The van der Waals surface area contributed by atoms with E-state index in [-0.39, 0.29) is 0 Å². The van der Waals surface area contributed by atoms with Crippen molar-refractivity contribution in [3.05, 3.63) is 53.9 Å². The van der Waals surface area contributed by atoms with E-state index in [0.717, 1.165) is 27.7 Å². The fraction of sp³-hybridized carbons (Fsp3) is 0.364. The van der Waals surface area contributed by atoms with Crippen LogP contribution in [0.3, 0.4) is 0 Å². The largest absolute Gasteiger partial charge is 0.444 e. The van der Waals surface area contributed by atoms with Crippen LogP contribution in [0.5, 0.6) is 0 Å². The van der Waals surface area contributed by atoms with E-state index in [2.05, 4.69) is 47.3 Å². The Morgan fingerprint density at radius 3 is 2.70 bits per heavy atom. The number of rotatable bonds is 4. The lowest BCUT2D eigenvalue weighted by Gasteiger charge is -2.21. The molecule has 0 saturated carbocycles. The fourth-order valence-corrected chi connectivity index (χ4v) is 3.16. The number of aromatic nitrogens is 2. The third-order valence-corrected chi connectivity index (χ3v) is 4.36. The fourth-order valence-electron chi connectivity index (χ4n) is 3.16. The van der Waals surface area contributed by atoms with Crippen LogP contribution in [-0.4, -0.2) is 21.7 Å². The lowest BCUT2D eigenvalue weighted by molar-refractivity contribution is 0.0523. The van der Waals surface area contributed by atoms with Crippen molar-refractivity contribution in [3.8, 4) is 11.1 Å². The van der Waals surface area contributed by atoms with E-state index in [4.69, 9.17) is 4.74 Å². The molecule has 2 aromatic heterocycles. The Morgan fingerprint density at radius 1 is 1.22 bits per heavy atom. The quantitative estimate of drug-likeness (QED) is 0.652. The minimum atomic E-state index is -0.502. The SMILES string of the molecule is CC(C)c1cc(-c2ccnc3[nH]ccc23)ccc1CNC(=O)OC(C)(C)C. The van der Waals surface area contributed by atoms with Crippen LogP contribution in [0.2, 0.25) is 0 Å². The number of fused-ring (bicyclic) bond motifs is 1. The maximum Gasteiger partial charge on any atom is 0.407 e. The van der Waals surface area contributed by atoms with Crippen molar-refractivity contribution in [2.24, 2.45) is 0 Å². The van der Waals surface area contributed by atoms with Crippen molar-refractivity contribution in [1.29, 1.82) is 0 Å². The third kappa shape index (κ3) is 4.48. The first kappa shape index (κ1) is 19.0. The number of alkyl carbamates (subject to hydrolysis) is 1. The molecular weight excluding hydrogens is 338 g/mol. The molecule has 0 radical (unpaired) electrons. The summed E-state index contributed by atoms with van der Waals surface area (Å²) in [7, 11) is 0. The van der Waals surface area contributed by atoms with Crippen LogP contribution in [0.15, 0.2) is 42.7 Å². The summed E-state index contributed by atoms with van der Waals surface area (Å²) >= 11 is 0. The van der Waals surface area contributed by atoms with Gasteiger partial charge in [-0.2, -0.15) is 0 Å². The van der Waals surface area contributed by atoms with E-state index in [9.17, 15) is 4.79 Å². The second-order valence-corrected chi connectivity index (χ2v) is 8.02. The van der Waals surface area contributed by atoms with Gasteiger partial charge in [0.15, 0.2) is 0 Å². The number of benzene rings is 1. The molecule has 5 heteroatoms. The molecule has 0 saturated heterocycles. The van der Waals surface area contributed by atoms with Gasteiger partial charge in [-0.3, -0.25) is 0 Å². The number of ether oxygens (including phenoxy) is 1. The normalized spacial score (nSPS) is 11.8. The Labute approximate surface area is 160 Å². The molecular formula is C22H27N3O2. The smallest absolute Gasteiger partial charge is 0.407 e. The van der Waals surface area contributed by atoms with Crippen LogP contribution in [0.4, 0.5) is 4.79 Å². The van der Waals surface area contributed by atoms with Crippen molar-refractivity contribution in [2.45, 2.75) is 52.7 Å². The number of carbonyl (C=O) groups is 1. The highest BCUT2D eigenvalue weighted by Crippen LogP contribution is 2.31. The van der Waals surface area contributed by atoms with Gasteiger partial charge in [-0.25, -0.2) is 9.78 Å². The molecule has 27 heavy (non-hydrogen) atoms. The zero-order chi connectivity index (χ0) is 19.6. The van der Waals surface area contributed by atoms with Crippen molar-refractivity contribution in [2.75, 3.05) is 0 Å². The van der Waals surface area contributed by atoms with Gasteiger partial charge in [0, 0.05) is 24.3 Å². The summed E-state index contributed by atoms with van der Waals surface area (Å²) in [4.78, 5) is 19.5. The molecule has 3 aromatic rings. The number of aromatic amines is 1. The standard InChI is InChI=1S/C22H27N3O2/c1-14(2)19-12-15(17-8-10-23-20-18(17)9-11-24-20)6-7-16(19)13-25-21(26)27-22(3,4)5/h6-12,14H,13H2,1-5H3,(H,23,24)(H,25,26). The average molecular weight is 365 g/mol. The highest BCUT2D eigenvalue weighted by Gasteiger charge is 2.17. The lowest BCUT2D eigenvalue weighted by Crippen LogP contribution is -2.32. The molecule has 5 nitrogen and oxygen atoms in total. The topological polar surface area (TPSA) is 67.0 Å². The molecule has 1 amide bonds. The summed E-state index contributed by atoms with van der Waals surface area (Å²) in [5.41, 5.74) is 4.98. The lowest BCUT2D eigenvalue weighted by atomic mass is 9.92. The summed E-state index contributed by atoms with van der Waals surface area (Å²) < 4.78 is 5.33. The molecule has 0 spiro atoms. The predicted molar refractivity (Wildman–Crippen MR) is 109 cm³/mol. The number of hydrogen-bond donors (Lipinski definition) is 2. The molecule has 142 valence electrons. The van der Waals surface area contributed by atoms with Gasteiger partial charge in [0.05, 0.1) is 0 Å². The zero-order valence-corrected chi connectivity index (χ0v) is 16.6. The van der Waals surface area contributed by atoms with Gasteiger partial charge in [0.2, 0.25) is 0 Å². The Bertz CT molecular complexity index is 952. The number of pyridine rings is 1. The second kappa shape index (κ2) is 7.43. The van der Waals surface area contributed by atoms with E-state index < -0.39 is 11.7 Å². The number of nitrogens with one attached hydrogen (secondary N) is 2. The van der Waals surface area contributed by atoms with Crippen LogP contribution < -0.4 is 5.32 Å². The first-order valence-electron chi connectivity index (χ1n) is 9.27. The van der Waals surface area contributed by atoms with Crippen molar-refractivity contribution < 1.29 is 9.53 Å². The summed E-state index contributed by atoms with van der Waals surface area (Å²) in [6, 6.07) is 10.5. The first-order chi connectivity index (χ1) is 12.7. The highest BCUT2D eigenvalue weighted by atomic mass is 16.6. The van der Waals surface area contributed by atoms with Gasteiger partial charge in [-0.15, -0.1) is 0 Å².